The number of aromatic amines is 1. The van der Waals surface area contributed by atoms with E-state index in [0.717, 1.165) is 43.8 Å². The lowest BCUT2D eigenvalue weighted by Crippen LogP contribution is -2.29. The Kier molecular flexibility index (Phi) is 2.62. The summed E-state index contributed by atoms with van der Waals surface area (Å²) in [6, 6.07) is 0. The molecule has 2 N–H and O–H groups in total. The summed E-state index contributed by atoms with van der Waals surface area (Å²) in [4.78, 5) is 20.6. The normalized spacial score (nSPS) is 28.4. The highest BCUT2D eigenvalue weighted by Gasteiger charge is 2.37. The highest BCUT2D eigenvalue weighted by atomic mass is 127. The number of hydrogen-bond acceptors (Lipinski definition) is 4. The predicted molar refractivity (Wildman–Crippen MR) is 69.6 cm³/mol. The second kappa shape index (κ2) is 3.99. The van der Waals surface area contributed by atoms with E-state index in [2.05, 4.69) is 42.8 Å². The average Bonchev–Trinajstić information content (AvgIpc) is 2.81. The Balaban J connectivity index is 1.89. The van der Waals surface area contributed by atoms with E-state index in [1.165, 1.54) is 6.33 Å². The average molecular weight is 332 g/mol. The fraction of sp³-hybridized carbons (Fsp3) is 0.600. The maximum absolute atomic E-state index is 11.5. The van der Waals surface area contributed by atoms with Crippen LogP contribution in [0.15, 0.2) is 11.1 Å². The van der Waals surface area contributed by atoms with Gasteiger partial charge in [0.25, 0.3) is 5.56 Å². The molecule has 0 aromatic carbocycles. The summed E-state index contributed by atoms with van der Waals surface area (Å²) in [5.74, 6) is 2.28. The molecule has 1 aromatic heterocycles. The van der Waals surface area contributed by atoms with Gasteiger partial charge in [0.15, 0.2) is 0 Å². The van der Waals surface area contributed by atoms with Gasteiger partial charge in [-0.15, -0.1) is 0 Å². The third-order valence-corrected chi connectivity index (χ3v) is 4.44. The molecule has 2 aliphatic heterocycles. The van der Waals surface area contributed by atoms with Gasteiger partial charge >= 0.3 is 0 Å². The Bertz CT molecular complexity index is 448. The molecule has 3 heterocycles. The van der Waals surface area contributed by atoms with Crippen molar-refractivity contribution in [3.05, 3.63) is 20.3 Å². The molecule has 3 rings (SSSR count). The quantitative estimate of drug-likeness (QED) is 0.713. The first-order valence-electron chi connectivity index (χ1n) is 5.44. The second-order valence-electron chi connectivity index (χ2n) is 4.45. The molecule has 0 unspecified atom stereocenters. The minimum atomic E-state index is -0.0409. The van der Waals surface area contributed by atoms with Crippen molar-refractivity contribution in [1.82, 2.24) is 15.3 Å². The number of hydrogen-bond donors (Lipinski definition) is 2. The molecule has 2 atom stereocenters. The molecule has 2 fully saturated rings. The number of rotatable bonds is 1. The van der Waals surface area contributed by atoms with Gasteiger partial charge in [0.1, 0.15) is 9.39 Å². The summed E-state index contributed by atoms with van der Waals surface area (Å²) < 4.78 is 0.702. The number of nitrogens with zero attached hydrogens (tertiary/aromatic N) is 2. The highest BCUT2D eigenvalue weighted by molar-refractivity contribution is 14.1. The summed E-state index contributed by atoms with van der Waals surface area (Å²) >= 11 is 2.08. The van der Waals surface area contributed by atoms with Crippen LogP contribution in [0.25, 0.3) is 0 Å². The van der Waals surface area contributed by atoms with Gasteiger partial charge in [-0.05, 0) is 34.4 Å². The predicted octanol–water partition coefficient (Wildman–Crippen LogP) is 0.0301. The van der Waals surface area contributed by atoms with Crippen LogP contribution in [0.2, 0.25) is 0 Å². The van der Waals surface area contributed by atoms with E-state index in [4.69, 9.17) is 0 Å². The zero-order chi connectivity index (χ0) is 11.1. The third-order valence-electron chi connectivity index (χ3n) is 3.47. The largest absolute Gasteiger partial charge is 0.355 e. The Morgan fingerprint density at radius 3 is 2.75 bits per heavy atom. The number of anilines is 1. The summed E-state index contributed by atoms with van der Waals surface area (Å²) in [6.07, 6.45) is 1.49. The fourth-order valence-corrected chi connectivity index (χ4v) is 3.26. The molecule has 2 aliphatic rings. The van der Waals surface area contributed by atoms with Crippen LogP contribution in [0.4, 0.5) is 5.82 Å². The van der Waals surface area contributed by atoms with E-state index in [9.17, 15) is 4.79 Å². The molecular formula is C10H13IN4O. The van der Waals surface area contributed by atoms with E-state index >= 15 is 0 Å². The summed E-state index contributed by atoms with van der Waals surface area (Å²) in [5.41, 5.74) is -0.0409. The van der Waals surface area contributed by atoms with E-state index < -0.39 is 0 Å². The zero-order valence-electron chi connectivity index (χ0n) is 8.74. The number of fused-ring (bicyclic) bond motifs is 1. The highest BCUT2D eigenvalue weighted by Crippen LogP contribution is 2.30. The van der Waals surface area contributed by atoms with Crippen LogP contribution in [0.1, 0.15) is 0 Å². The second-order valence-corrected chi connectivity index (χ2v) is 5.53. The Morgan fingerprint density at radius 1 is 1.38 bits per heavy atom. The summed E-state index contributed by atoms with van der Waals surface area (Å²) in [6.45, 7) is 4.23. The van der Waals surface area contributed by atoms with Crippen LogP contribution >= 0.6 is 22.6 Å². The lowest BCUT2D eigenvalue weighted by atomic mass is 10.0. The fourth-order valence-electron chi connectivity index (χ4n) is 2.62. The maximum Gasteiger partial charge on any atom is 0.266 e. The molecule has 0 amide bonds. The molecule has 5 nitrogen and oxygen atoms in total. The molecule has 0 saturated carbocycles. The molecule has 0 radical (unpaired) electrons. The maximum atomic E-state index is 11.5. The van der Waals surface area contributed by atoms with Crippen LogP contribution in [-0.2, 0) is 0 Å². The SMILES string of the molecule is O=c1[nH]cnc(N2C[C@H]3CNC[C@H]3C2)c1I. The molecular weight excluding hydrogens is 319 g/mol. The number of nitrogens with one attached hydrogen (secondary N) is 2. The molecule has 1 aromatic rings. The lowest BCUT2D eigenvalue weighted by molar-refractivity contribution is 0.533. The number of aromatic nitrogens is 2. The van der Waals surface area contributed by atoms with E-state index in [1.54, 1.807) is 0 Å². The van der Waals surface area contributed by atoms with Gasteiger partial charge in [-0.1, -0.05) is 0 Å². The molecule has 6 heteroatoms. The van der Waals surface area contributed by atoms with Crippen molar-refractivity contribution >= 4 is 28.4 Å². The molecule has 0 aliphatic carbocycles. The number of halogens is 1. The smallest absolute Gasteiger partial charge is 0.266 e. The van der Waals surface area contributed by atoms with Crippen LogP contribution in [0.3, 0.4) is 0 Å². The standard InChI is InChI=1S/C10H13IN4O/c11-8-9(13-5-14-10(8)16)15-3-6-1-12-2-7(6)4-15/h5-7,12H,1-4H2,(H,13,14,16)/t6-,7+. The molecule has 0 spiro atoms. The monoisotopic (exact) mass is 332 g/mol. The third kappa shape index (κ3) is 1.64. The van der Waals surface area contributed by atoms with Crippen LogP contribution < -0.4 is 15.8 Å². The minimum Gasteiger partial charge on any atom is -0.355 e. The topological polar surface area (TPSA) is 61.0 Å². The lowest BCUT2D eigenvalue weighted by Gasteiger charge is -2.18. The van der Waals surface area contributed by atoms with Gasteiger partial charge < -0.3 is 15.2 Å². The van der Waals surface area contributed by atoms with Gasteiger partial charge in [-0.3, -0.25) is 4.79 Å². The van der Waals surface area contributed by atoms with Crippen molar-refractivity contribution in [2.75, 3.05) is 31.1 Å². The van der Waals surface area contributed by atoms with Gasteiger partial charge in [0, 0.05) is 26.2 Å². The van der Waals surface area contributed by atoms with Gasteiger partial charge in [-0.25, -0.2) is 4.98 Å². The molecule has 2 saturated heterocycles. The Hall–Kier alpha value is -0.630. The summed E-state index contributed by atoms with van der Waals surface area (Å²) in [7, 11) is 0. The van der Waals surface area contributed by atoms with Crippen molar-refractivity contribution in [3.8, 4) is 0 Å². The first-order valence-corrected chi connectivity index (χ1v) is 6.52. The van der Waals surface area contributed by atoms with Crippen molar-refractivity contribution in [3.63, 3.8) is 0 Å². The Morgan fingerprint density at radius 2 is 2.06 bits per heavy atom. The van der Waals surface area contributed by atoms with E-state index in [-0.39, 0.29) is 5.56 Å². The number of H-pyrrole nitrogens is 1. The van der Waals surface area contributed by atoms with Crippen LogP contribution in [0.5, 0.6) is 0 Å². The molecule has 0 bridgehead atoms. The molecule has 16 heavy (non-hydrogen) atoms. The van der Waals surface area contributed by atoms with Gasteiger partial charge in [0.2, 0.25) is 0 Å². The Labute approximate surface area is 107 Å². The van der Waals surface area contributed by atoms with Crippen LogP contribution in [-0.4, -0.2) is 36.1 Å². The van der Waals surface area contributed by atoms with Crippen LogP contribution in [0, 0.1) is 15.4 Å². The van der Waals surface area contributed by atoms with Crippen molar-refractivity contribution < 1.29 is 0 Å². The summed E-state index contributed by atoms with van der Waals surface area (Å²) in [5, 5.41) is 3.41. The minimum absolute atomic E-state index is 0.0409. The van der Waals surface area contributed by atoms with Crippen molar-refractivity contribution in [1.29, 1.82) is 0 Å². The zero-order valence-corrected chi connectivity index (χ0v) is 10.9. The van der Waals surface area contributed by atoms with Gasteiger partial charge in [-0.2, -0.15) is 0 Å². The molecule has 86 valence electrons. The first kappa shape index (κ1) is 10.5. The first-order chi connectivity index (χ1) is 7.75. The van der Waals surface area contributed by atoms with E-state index in [1.807, 2.05) is 0 Å². The van der Waals surface area contributed by atoms with Crippen molar-refractivity contribution in [2.45, 2.75) is 0 Å². The van der Waals surface area contributed by atoms with Crippen molar-refractivity contribution in [2.24, 2.45) is 11.8 Å². The van der Waals surface area contributed by atoms with E-state index in [0.29, 0.717) is 3.57 Å². The van der Waals surface area contributed by atoms with Gasteiger partial charge in [0.05, 0.1) is 6.33 Å².